The zero-order valence-electron chi connectivity index (χ0n) is 11.0. The van der Waals surface area contributed by atoms with E-state index in [4.69, 9.17) is 0 Å². The van der Waals surface area contributed by atoms with E-state index in [9.17, 15) is 4.79 Å². The molecule has 18 heavy (non-hydrogen) atoms. The molecule has 0 saturated heterocycles. The summed E-state index contributed by atoms with van der Waals surface area (Å²) in [6, 6.07) is 10.6. The van der Waals surface area contributed by atoms with Gasteiger partial charge in [0.25, 0.3) is 0 Å². The van der Waals surface area contributed by atoms with Crippen LogP contribution in [-0.2, 0) is 13.0 Å². The number of hydrogen-bond acceptors (Lipinski definition) is 1. The van der Waals surface area contributed by atoms with Gasteiger partial charge in [-0.2, -0.15) is 0 Å². The molecular weight excluding hydrogens is 224 g/mol. The van der Waals surface area contributed by atoms with Gasteiger partial charge < -0.3 is 0 Å². The fraction of sp³-hybridized carbons (Fsp3) is 0.400. The lowest BCUT2D eigenvalue weighted by Crippen LogP contribution is -2.25. The quantitative estimate of drug-likeness (QED) is 0.794. The molecule has 0 atom stereocenters. The molecule has 3 nitrogen and oxygen atoms in total. The van der Waals surface area contributed by atoms with Gasteiger partial charge in [0.05, 0.1) is 0 Å². The SMILES string of the molecule is CC(C)n1ccn(CCCc2ccccc2)c1=O. The maximum Gasteiger partial charge on any atom is 0.328 e. The molecular formula is C15H20N2O. The van der Waals surface area contributed by atoms with Crippen molar-refractivity contribution in [2.75, 3.05) is 0 Å². The van der Waals surface area contributed by atoms with Crippen LogP contribution in [0.1, 0.15) is 31.9 Å². The van der Waals surface area contributed by atoms with Crippen molar-refractivity contribution in [1.29, 1.82) is 0 Å². The first-order chi connectivity index (χ1) is 8.68. The van der Waals surface area contributed by atoms with Gasteiger partial charge in [-0.1, -0.05) is 30.3 Å². The fourth-order valence-corrected chi connectivity index (χ4v) is 2.09. The second-order valence-electron chi connectivity index (χ2n) is 4.86. The zero-order chi connectivity index (χ0) is 13.0. The van der Waals surface area contributed by atoms with Gasteiger partial charge >= 0.3 is 5.69 Å². The predicted molar refractivity (Wildman–Crippen MR) is 73.8 cm³/mol. The van der Waals surface area contributed by atoms with Crippen LogP contribution >= 0.6 is 0 Å². The summed E-state index contributed by atoms with van der Waals surface area (Å²) in [4.78, 5) is 12.0. The Morgan fingerprint density at radius 2 is 1.83 bits per heavy atom. The summed E-state index contributed by atoms with van der Waals surface area (Å²) in [5.74, 6) is 0. The fourth-order valence-electron chi connectivity index (χ4n) is 2.09. The highest BCUT2D eigenvalue weighted by Crippen LogP contribution is 2.04. The predicted octanol–water partition coefficient (Wildman–Crippen LogP) is 2.86. The third-order valence-electron chi connectivity index (χ3n) is 3.14. The molecule has 0 saturated carbocycles. The first-order valence-corrected chi connectivity index (χ1v) is 6.49. The Balaban J connectivity index is 1.93. The van der Waals surface area contributed by atoms with Crippen molar-refractivity contribution in [3.63, 3.8) is 0 Å². The van der Waals surface area contributed by atoms with Gasteiger partial charge in [0.2, 0.25) is 0 Å². The summed E-state index contributed by atoms with van der Waals surface area (Å²) in [7, 11) is 0. The maximum absolute atomic E-state index is 12.0. The van der Waals surface area contributed by atoms with E-state index in [1.54, 1.807) is 9.13 Å². The van der Waals surface area contributed by atoms with E-state index in [0.717, 1.165) is 19.4 Å². The van der Waals surface area contributed by atoms with E-state index in [0.29, 0.717) is 0 Å². The van der Waals surface area contributed by atoms with Crippen molar-refractivity contribution >= 4 is 0 Å². The monoisotopic (exact) mass is 244 g/mol. The van der Waals surface area contributed by atoms with Crippen LogP contribution < -0.4 is 5.69 Å². The second-order valence-corrected chi connectivity index (χ2v) is 4.86. The third kappa shape index (κ3) is 2.92. The molecule has 2 aromatic rings. The first kappa shape index (κ1) is 12.7. The molecule has 1 aromatic heterocycles. The number of nitrogens with zero attached hydrogens (tertiary/aromatic N) is 2. The summed E-state index contributed by atoms with van der Waals surface area (Å²) < 4.78 is 3.56. The van der Waals surface area contributed by atoms with Crippen molar-refractivity contribution in [1.82, 2.24) is 9.13 Å². The van der Waals surface area contributed by atoms with Crippen LogP contribution in [0.25, 0.3) is 0 Å². The lowest BCUT2D eigenvalue weighted by Gasteiger charge is -2.05. The Hall–Kier alpha value is -1.77. The molecule has 0 N–H and O–H groups in total. The molecule has 3 heteroatoms. The van der Waals surface area contributed by atoms with Gasteiger partial charge in [-0.05, 0) is 32.3 Å². The van der Waals surface area contributed by atoms with E-state index in [1.165, 1.54) is 5.56 Å². The second kappa shape index (κ2) is 5.71. The Labute approximate surface area is 108 Å². The van der Waals surface area contributed by atoms with Crippen LogP contribution in [0.3, 0.4) is 0 Å². The number of benzene rings is 1. The van der Waals surface area contributed by atoms with Crippen LogP contribution in [0.5, 0.6) is 0 Å². The molecule has 0 radical (unpaired) electrons. The van der Waals surface area contributed by atoms with Crippen LogP contribution in [0.2, 0.25) is 0 Å². The highest BCUT2D eigenvalue weighted by molar-refractivity contribution is 5.14. The first-order valence-electron chi connectivity index (χ1n) is 6.49. The molecule has 0 aliphatic rings. The van der Waals surface area contributed by atoms with Gasteiger partial charge in [0.15, 0.2) is 0 Å². The third-order valence-corrected chi connectivity index (χ3v) is 3.14. The van der Waals surface area contributed by atoms with Crippen molar-refractivity contribution < 1.29 is 0 Å². The Bertz CT molecular complexity index is 537. The lowest BCUT2D eigenvalue weighted by atomic mass is 10.1. The van der Waals surface area contributed by atoms with E-state index in [2.05, 4.69) is 24.3 Å². The van der Waals surface area contributed by atoms with Crippen molar-refractivity contribution in [3.05, 3.63) is 58.8 Å². The molecule has 0 bridgehead atoms. The van der Waals surface area contributed by atoms with Crippen LogP contribution in [0, 0.1) is 0 Å². The molecule has 0 fully saturated rings. The average molecular weight is 244 g/mol. The Morgan fingerprint density at radius 3 is 2.44 bits per heavy atom. The summed E-state index contributed by atoms with van der Waals surface area (Å²) in [5, 5.41) is 0. The number of hydrogen-bond donors (Lipinski definition) is 0. The van der Waals surface area contributed by atoms with Crippen molar-refractivity contribution in [2.24, 2.45) is 0 Å². The smallest absolute Gasteiger partial charge is 0.299 e. The number of rotatable bonds is 5. The minimum absolute atomic E-state index is 0.0954. The molecule has 96 valence electrons. The average Bonchev–Trinajstić information content (AvgIpc) is 2.73. The lowest BCUT2D eigenvalue weighted by molar-refractivity contribution is 0.542. The zero-order valence-corrected chi connectivity index (χ0v) is 11.0. The Kier molecular flexibility index (Phi) is 4.03. The topological polar surface area (TPSA) is 26.9 Å². The molecule has 1 aromatic carbocycles. The van der Waals surface area contributed by atoms with Gasteiger partial charge in [-0.15, -0.1) is 0 Å². The molecule has 1 heterocycles. The minimum Gasteiger partial charge on any atom is -0.299 e. The van der Waals surface area contributed by atoms with Gasteiger partial charge in [0, 0.05) is 25.0 Å². The molecule has 0 spiro atoms. The summed E-state index contributed by atoms with van der Waals surface area (Å²) in [6.07, 6.45) is 5.76. The van der Waals surface area contributed by atoms with Gasteiger partial charge in [-0.3, -0.25) is 9.13 Å². The minimum atomic E-state index is 0.0954. The van der Waals surface area contributed by atoms with E-state index >= 15 is 0 Å². The van der Waals surface area contributed by atoms with Crippen LogP contribution in [-0.4, -0.2) is 9.13 Å². The summed E-state index contributed by atoms with van der Waals surface area (Å²) in [6.45, 7) is 4.83. The highest BCUT2D eigenvalue weighted by Gasteiger charge is 2.05. The van der Waals surface area contributed by atoms with Crippen LogP contribution in [0.4, 0.5) is 0 Å². The molecule has 2 rings (SSSR count). The summed E-state index contributed by atoms with van der Waals surface area (Å²) in [5.41, 5.74) is 1.42. The molecule has 0 unspecified atom stereocenters. The molecule has 0 aliphatic heterocycles. The molecule has 0 amide bonds. The van der Waals surface area contributed by atoms with Gasteiger partial charge in [-0.25, -0.2) is 4.79 Å². The largest absolute Gasteiger partial charge is 0.328 e. The number of aromatic nitrogens is 2. The van der Waals surface area contributed by atoms with E-state index < -0.39 is 0 Å². The maximum atomic E-state index is 12.0. The van der Waals surface area contributed by atoms with E-state index in [1.807, 2.05) is 32.3 Å². The Morgan fingerprint density at radius 1 is 1.11 bits per heavy atom. The number of aryl methyl sites for hydroxylation is 2. The molecule has 0 aliphatic carbocycles. The number of imidazole rings is 1. The van der Waals surface area contributed by atoms with Crippen LogP contribution in [0.15, 0.2) is 47.5 Å². The standard InChI is InChI=1S/C15H20N2O/c1-13(2)17-12-11-16(15(17)18)10-6-9-14-7-4-3-5-8-14/h3-5,7-8,11-13H,6,9-10H2,1-2H3. The van der Waals surface area contributed by atoms with Crippen molar-refractivity contribution in [3.8, 4) is 0 Å². The van der Waals surface area contributed by atoms with Gasteiger partial charge in [0.1, 0.15) is 0 Å². The highest BCUT2D eigenvalue weighted by atomic mass is 16.1. The van der Waals surface area contributed by atoms with Crippen molar-refractivity contribution in [2.45, 2.75) is 39.3 Å². The normalized spacial score (nSPS) is 11.1. The van der Waals surface area contributed by atoms with E-state index in [-0.39, 0.29) is 11.7 Å². The summed E-state index contributed by atoms with van der Waals surface area (Å²) >= 11 is 0.